The molecule has 3 N–H and O–H groups in total. The van der Waals surface area contributed by atoms with Crippen LogP contribution < -0.4 is 5.32 Å². The van der Waals surface area contributed by atoms with Crippen molar-refractivity contribution in [3.63, 3.8) is 0 Å². The van der Waals surface area contributed by atoms with Crippen LogP contribution in [0.25, 0.3) is 0 Å². The van der Waals surface area contributed by atoms with Gasteiger partial charge in [-0.05, 0) is 29.8 Å². The maximum Gasteiger partial charge on any atom is 0.282 e. The fourth-order valence-electron chi connectivity index (χ4n) is 1.76. The van der Waals surface area contributed by atoms with Crippen LogP contribution in [0.2, 0.25) is 0 Å². The van der Waals surface area contributed by atoms with Gasteiger partial charge in [0.2, 0.25) is 0 Å². The number of nitrogens with one attached hydrogen (secondary N) is 1. The third-order valence-corrected chi connectivity index (χ3v) is 2.82. The molecule has 7 heteroatoms. The molecule has 0 aromatic heterocycles. The van der Waals surface area contributed by atoms with E-state index in [1.54, 1.807) is 24.3 Å². The van der Waals surface area contributed by atoms with E-state index in [9.17, 15) is 20.0 Å². The number of hydrogen-bond donors (Lipinski definition) is 3. The standard InChI is InChI=1S/C14H12N2O5/c17-8-9-1-3-10(4-2-9)15-14(19)12-7-11(18)5-6-13(12)16(20)21/h1-7,17-18H,8H2,(H,15,19). The van der Waals surface area contributed by atoms with Gasteiger partial charge in [-0.25, -0.2) is 0 Å². The lowest BCUT2D eigenvalue weighted by molar-refractivity contribution is -0.385. The molecule has 0 saturated carbocycles. The van der Waals surface area contributed by atoms with E-state index in [2.05, 4.69) is 5.32 Å². The number of aliphatic hydroxyl groups is 1. The third-order valence-electron chi connectivity index (χ3n) is 2.82. The highest BCUT2D eigenvalue weighted by Crippen LogP contribution is 2.24. The number of amides is 1. The number of anilines is 1. The molecular formula is C14H12N2O5. The molecule has 0 saturated heterocycles. The van der Waals surface area contributed by atoms with Crippen molar-refractivity contribution < 1.29 is 19.9 Å². The topological polar surface area (TPSA) is 113 Å². The predicted octanol–water partition coefficient (Wildman–Crippen LogP) is 2.04. The molecule has 0 aliphatic rings. The maximum atomic E-state index is 12.1. The average Bonchev–Trinajstić information content (AvgIpc) is 2.47. The van der Waals surface area contributed by atoms with E-state index < -0.39 is 16.5 Å². The summed E-state index contributed by atoms with van der Waals surface area (Å²) in [4.78, 5) is 22.3. The molecular weight excluding hydrogens is 276 g/mol. The van der Waals surface area contributed by atoms with Gasteiger partial charge in [0.1, 0.15) is 11.3 Å². The van der Waals surface area contributed by atoms with Crippen LogP contribution in [0, 0.1) is 10.1 Å². The van der Waals surface area contributed by atoms with Crippen molar-refractivity contribution in [1.29, 1.82) is 0 Å². The summed E-state index contributed by atoms with van der Waals surface area (Å²) in [5, 5.41) is 31.7. The first-order valence-corrected chi connectivity index (χ1v) is 6.00. The van der Waals surface area contributed by atoms with Crippen LogP contribution in [-0.4, -0.2) is 21.0 Å². The van der Waals surface area contributed by atoms with Crippen LogP contribution in [0.4, 0.5) is 11.4 Å². The van der Waals surface area contributed by atoms with Crippen molar-refractivity contribution in [3.8, 4) is 5.75 Å². The van der Waals surface area contributed by atoms with Crippen molar-refractivity contribution in [2.45, 2.75) is 6.61 Å². The molecule has 0 radical (unpaired) electrons. The minimum atomic E-state index is -0.700. The van der Waals surface area contributed by atoms with Gasteiger partial charge >= 0.3 is 0 Å². The van der Waals surface area contributed by atoms with Gasteiger partial charge in [-0.3, -0.25) is 14.9 Å². The van der Waals surface area contributed by atoms with Gasteiger partial charge in [0.25, 0.3) is 11.6 Å². The highest BCUT2D eigenvalue weighted by Gasteiger charge is 2.20. The fourth-order valence-corrected chi connectivity index (χ4v) is 1.76. The summed E-state index contributed by atoms with van der Waals surface area (Å²) in [5.74, 6) is -0.935. The average molecular weight is 288 g/mol. The zero-order valence-electron chi connectivity index (χ0n) is 10.8. The Bertz CT molecular complexity index is 682. The summed E-state index contributed by atoms with van der Waals surface area (Å²) in [5.41, 5.74) is 0.481. The van der Waals surface area contributed by atoms with Crippen LogP contribution >= 0.6 is 0 Å². The number of benzene rings is 2. The first-order chi connectivity index (χ1) is 10.0. The third kappa shape index (κ3) is 3.34. The Morgan fingerprint density at radius 1 is 1.19 bits per heavy atom. The van der Waals surface area contributed by atoms with Crippen LogP contribution in [0.15, 0.2) is 42.5 Å². The SMILES string of the molecule is O=C(Nc1ccc(CO)cc1)c1cc(O)ccc1[N+](=O)[O-]. The molecule has 2 rings (SSSR count). The second-order valence-electron chi connectivity index (χ2n) is 4.27. The number of phenols is 1. The highest BCUT2D eigenvalue weighted by molar-refractivity contribution is 6.07. The van der Waals surface area contributed by atoms with Gasteiger partial charge in [-0.15, -0.1) is 0 Å². The molecule has 108 valence electrons. The quantitative estimate of drug-likeness (QED) is 0.588. The summed E-state index contributed by atoms with van der Waals surface area (Å²) in [6, 6.07) is 9.62. The molecule has 0 aliphatic carbocycles. The summed E-state index contributed by atoms with van der Waals surface area (Å²) in [7, 11) is 0. The van der Waals surface area contributed by atoms with Gasteiger partial charge in [0.15, 0.2) is 0 Å². The second-order valence-corrected chi connectivity index (χ2v) is 4.27. The normalized spacial score (nSPS) is 10.1. The van der Waals surface area contributed by atoms with Crippen molar-refractivity contribution in [1.82, 2.24) is 0 Å². The Hall–Kier alpha value is -2.93. The van der Waals surface area contributed by atoms with E-state index in [0.29, 0.717) is 11.3 Å². The van der Waals surface area contributed by atoms with Gasteiger partial charge in [0.05, 0.1) is 11.5 Å². The number of aliphatic hydroxyl groups excluding tert-OH is 1. The first-order valence-electron chi connectivity index (χ1n) is 6.00. The van der Waals surface area contributed by atoms with E-state index in [1.165, 1.54) is 0 Å². The molecule has 0 atom stereocenters. The summed E-state index contributed by atoms with van der Waals surface area (Å²) in [6.07, 6.45) is 0. The number of hydrogen-bond acceptors (Lipinski definition) is 5. The van der Waals surface area contributed by atoms with Crippen LogP contribution in [0.5, 0.6) is 5.75 Å². The van der Waals surface area contributed by atoms with Crippen LogP contribution in [-0.2, 0) is 6.61 Å². The lowest BCUT2D eigenvalue weighted by Crippen LogP contribution is -2.13. The minimum absolute atomic E-state index is 0.119. The largest absolute Gasteiger partial charge is 0.508 e. The van der Waals surface area contributed by atoms with Crippen LogP contribution in [0.3, 0.4) is 0 Å². The maximum absolute atomic E-state index is 12.1. The van der Waals surface area contributed by atoms with E-state index in [4.69, 9.17) is 5.11 Å². The van der Waals surface area contributed by atoms with Crippen molar-refractivity contribution in [2.24, 2.45) is 0 Å². The molecule has 2 aromatic carbocycles. The Kier molecular flexibility index (Phi) is 4.15. The lowest BCUT2D eigenvalue weighted by Gasteiger charge is -2.07. The second kappa shape index (κ2) is 6.02. The van der Waals surface area contributed by atoms with Crippen molar-refractivity contribution in [2.75, 3.05) is 5.32 Å². The predicted molar refractivity (Wildman–Crippen MR) is 75.1 cm³/mol. The zero-order valence-corrected chi connectivity index (χ0v) is 10.8. The zero-order chi connectivity index (χ0) is 15.4. The van der Waals surface area contributed by atoms with Crippen molar-refractivity contribution >= 4 is 17.3 Å². The monoisotopic (exact) mass is 288 g/mol. The van der Waals surface area contributed by atoms with Gasteiger partial charge in [0, 0.05) is 11.8 Å². The minimum Gasteiger partial charge on any atom is -0.508 e. The number of nitro benzene ring substituents is 1. The van der Waals surface area contributed by atoms with Crippen molar-refractivity contribution in [3.05, 3.63) is 63.7 Å². The molecule has 0 aliphatic heterocycles. The number of phenolic OH excluding ortho intramolecular Hbond substituents is 1. The van der Waals surface area contributed by atoms with E-state index >= 15 is 0 Å². The number of nitrogens with zero attached hydrogens (tertiary/aromatic N) is 1. The Labute approximate surface area is 119 Å². The number of carbonyl (C=O) groups is 1. The van der Waals surface area contributed by atoms with Gasteiger partial charge in [-0.2, -0.15) is 0 Å². The molecule has 0 heterocycles. The van der Waals surface area contributed by atoms with Gasteiger partial charge < -0.3 is 15.5 Å². The molecule has 7 nitrogen and oxygen atoms in total. The van der Waals surface area contributed by atoms with Gasteiger partial charge in [-0.1, -0.05) is 12.1 Å². The summed E-state index contributed by atoms with van der Waals surface area (Å²) in [6.45, 7) is -0.119. The first kappa shape index (κ1) is 14.5. The number of aromatic hydroxyl groups is 1. The molecule has 0 fully saturated rings. The summed E-state index contributed by atoms with van der Waals surface area (Å²) < 4.78 is 0. The molecule has 1 amide bonds. The molecule has 0 spiro atoms. The van der Waals surface area contributed by atoms with E-state index in [-0.39, 0.29) is 17.9 Å². The molecule has 0 bridgehead atoms. The highest BCUT2D eigenvalue weighted by atomic mass is 16.6. The fraction of sp³-hybridized carbons (Fsp3) is 0.0714. The van der Waals surface area contributed by atoms with E-state index in [1.807, 2.05) is 0 Å². The Morgan fingerprint density at radius 2 is 1.86 bits per heavy atom. The molecule has 2 aromatic rings. The number of nitro groups is 1. The molecule has 0 unspecified atom stereocenters. The number of rotatable bonds is 4. The smallest absolute Gasteiger partial charge is 0.282 e. The van der Waals surface area contributed by atoms with Crippen LogP contribution in [0.1, 0.15) is 15.9 Å². The number of carbonyl (C=O) groups excluding carboxylic acids is 1. The Balaban J connectivity index is 2.27. The van der Waals surface area contributed by atoms with E-state index in [0.717, 1.165) is 18.2 Å². The summed E-state index contributed by atoms with van der Waals surface area (Å²) >= 11 is 0. The Morgan fingerprint density at radius 3 is 2.43 bits per heavy atom. The lowest BCUT2D eigenvalue weighted by atomic mass is 10.1. The molecule has 21 heavy (non-hydrogen) atoms.